The lowest BCUT2D eigenvalue weighted by Gasteiger charge is -2.47. The van der Waals surface area contributed by atoms with Gasteiger partial charge >= 0.3 is 8.80 Å². The summed E-state index contributed by atoms with van der Waals surface area (Å²) < 4.78 is 23.6. The summed E-state index contributed by atoms with van der Waals surface area (Å²) in [6.45, 7) is 6.57. The van der Waals surface area contributed by atoms with Crippen LogP contribution in [0, 0.1) is 11.8 Å². The first kappa shape index (κ1) is 26.0. The maximum Gasteiger partial charge on any atom is 0.501 e. The van der Waals surface area contributed by atoms with Crippen LogP contribution in [0.25, 0.3) is 0 Å². The fourth-order valence-electron chi connectivity index (χ4n) is 5.94. The van der Waals surface area contributed by atoms with E-state index in [-0.39, 0.29) is 11.9 Å². The molecule has 30 heavy (non-hydrogen) atoms. The minimum absolute atomic E-state index is 0.0403. The third-order valence-electron chi connectivity index (χ3n) is 7.50. The van der Waals surface area contributed by atoms with Crippen LogP contribution in [0.15, 0.2) is 0 Å². The average Bonchev–Trinajstić information content (AvgIpc) is 2.77. The Morgan fingerprint density at radius 3 is 1.57 bits per heavy atom. The van der Waals surface area contributed by atoms with Crippen molar-refractivity contribution >= 4 is 23.1 Å². The highest BCUT2D eigenvalue weighted by Gasteiger charge is 2.53. The number of hydrogen-bond donors (Lipinski definition) is 0. The molecule has 0 spiro atoms. The van der Waals surface area contributed by atoms with Gasteiger partial charge in [0.1, 0.15) is 0 Å². The van der Waals surface area contributed by atoms with Crippen molar-refractivity contribution < 1.29 is 22.5 Å². The molecule has 0 N–H and O–H groups in total. The average molecular weight is 459 g/mol. The van der Waals surface area contributed by atoms with Gasteiger partial charge in [-0.3, -0.25) is 4.79 Å². The van der Waals surface area contributed by atoms with Crippen molar-refractivity contribution in [3.05, 3.63) is 0 Å². The second-order valence-electron chi connectivity index (χ2n) is 10.0. The maximum atomic E-state index is 13.5. The predicted molar refractivity (Wildman–Crippen MR) is 126 cm³/mol. The van der Waals surface area contributed by atoms with Crippen molar-refractivity contribution in [2.45, 2.75) is 108 Å². The van der Waals surface area contributed by atoms with Gasteiger partial charge in [0, 0.05) is 27.4 Å². The molecule has 0 aliphatic heterocycles. The summed E-state index contributed by atoms with van der Waals surface area (Å²) in [7, 11) is -0.230. The number of carbonyl (C=O) groups excluding carboxylic acids is 1. The van der Waals surface area contributed by atoms with Gasteiger partial charge in [-0.15, -0.1) is 0 Å². The van der Waals surface area contributed by atoms with Gasteiger partial charge in [-0.05, 0) is 48.7 Å². The van der Waals surface area contributed by atoms with E-state index in [1.54, 1.807) is 21.3 Å². The zero-order valence-electron chi connectivity index (χ0n) is 20.3. The number of rotatable bonds is 11. The zero-order valence-corrected chi connectivity index (χ0v) is 22.3. The minimum atomic E-state index is -2.82. The van der Waals surface area contributed by atoms with Crippen LogP contribution in [-0.4, -0.2) is 44.4 Å². The molecular formula is C23H46O5Si2. The molecule has 176 valence electrons. The van der Waals surface area contributed by atoms with Gasteiger partial charge in [-0.2, -0.15) is 0 Å². The normalized spacial score (nSPS) is 21.0. The summed E-state index contributed by atoms with van der Waals surface area (Å²) in [5.74, 6) is 0.248. The van der Waals surface area contributed by atoms with Crippen molar-refractivity contribution in [1.82, 2.24) is 0 Å². The van der Waals surface area contributed by atoms with E-state index in [0.29, 0.717) is 23.0 Å². The molecule has 0 aromatic heterocycles. The molecule has 0 saturated heterocycles. The van der Waals surface area contributed by atoms with Gasteiger partial charge in [0.2, 0.25) is 0 Å². The summed E-state index contributed by atoms with van der Waals surface area (Å²) in [6.07, 6.45) is 12.9. The van der Waals surface area contributed by atoms with E-state index in [1.165, 1.54) is 64.2 Å². The lowest BCUT2D eigenvalue weighted by atomic mass is 9.99. The SMILES string of the molecule is CO[Si](CC(C)C(=O)O[Si](CC(C)C)(C1CCCCC1)C1CCCCC1)(OC)OC. The highest BCUT2D eigenvalue weighted by Crippen LogP contribution is 2.52. The van der Waals surface area contributed by atoms with E-state index in [1.807, 2.05) is 6.92 Å². The molecule has 7 heteroatoms. The van der Waals surface area contributed by atoms with Gasteiger partial charge in [-0.1, -0.05) is 59.3 Å². The topological polar surface area (TPSA) is 54.0 Å². The van der Waals surface area contributed by atoms with Crippen LogP contribution in [0.4, 0.5) is 0 Å². The van der Waals surface area contributed by atoms with Gasteiger partial charge in [0.15, 0.2) is 0 Å². The van der Waals surface area contributed by atoms with Crippen LogP contribution >= 0.6 is 0 Å². The monoisotopic (exact) mass is 458 g/mol. The molecule has 2 aliphatic rings. The van der Waals surface area contributed by atoms with Crippen molar-refractivity contribution in [3.63, 3.8) is 0 Å². The molecule has 0 heterocycles. The third-order valence-corrected chi connectivity index (χ3v) is 16.4. The van der Waals surface area contributed by atoms with Gasteiger partial charge in [0.05, 0.1) is 5.92 Å². The quantitative estimate of drug-likeness (QED) is 0.339. The van der Waals surface area contributed by atoms with E-state index in [2.05, 4.69) is 13.8 Å². The van der Waals surface area contributed by atoms with Crippen LogP contribution in [0.2, 0.25) is 23.2 Å². The summed E-state index contributed by atoms with van der Waals surface area (Å²) in [4.78, 5) is 13.5. The first-order valence-corrected chi connectivity index (χ1v) is 16.4. The fourth-order valence-corrected chi connectivity index (χ4v) is 14.2. The maximum absolute atomic E-state index is 13.5. The Balaban J connectivity index is 2.28. The van der Waals surface area contributed by atoms with Crippen molar-refractivity contribution in [2.24, 2.45) is 11.8 Å². The van der Waals surface area contributed by atoms with Gasteiger partial charge in [-0.25, -0.2) is 0 Å². The molecule has 0 amide bonds. The molecule has 0 bridgehead atoms. The van der Waals surface area contributed by atoms with E-state index in [9.17, 15) is 4.79 Å². The third kappa shape index (κ3) is 6.40. The van der Waals surface area contributed by atoms with Gasteiger partial charge in [0.25, 0.3) is 14.3 Å². The van der Waals surface area contributed by atoms with E-state index in [0.717, 1.165) is 6.04 Å². The summed E-state index contributed by atoms with van der Waals surface area (Å²) >= 11 is 0. The Kier molecular flexibility index (Phi) is 10.5. The van der Waals surface area contributed by atoms with Crippen molar-refractivity contribution in [1.29, 1.82) is 0 Å². The fraction of sp³-hybridized carbons (Fsp3) is 0.957. The molecule has 2 saturated carbocycles. The van der Waals surface area contributed by atoms with Crippen LogP contribution in [0.5, 0.6) is 0 Å². The number of carbonyl (C=O) groups is 1. The molecule has 0 aromatic rings. The summed E-state index contributed by atoms with van der Waals surface area (Å²) in [6, 6.07) is 1.58. The smallest absolute Gasteiger partial charge is 0.501 e. The van der Waals surface area contributed by atoms with Crippen LogP contribution in [0.3, 0.4) is 0 Å². The minimum Gasteiger partial charge on any atom is -0.518 e. The largest absolute Gasteiger partial charge is 0.518 e. The molecule has 5 nitrogen and oxygen atoms in total. The second kappa shape index (κ2) is 12.1. The molecule has 2 rings (SSSR count). The Morgan fingerprint density at radius 2 is 1.20 bits per heavy atom. The predicted octanol–water partition coefficient (Wildman–Crippen LogP) is 6.31. The summed E-state index contributed by atoms with van der Waals surface area (Å²) in [5, 5.41) is 0. The molecule has 1 atom stereocenters. The van der Waals surface area contributed by atoms with Crippen LogP contribution in [0.1, 0.15) is 85.0 Å². The lowest BCUT2D eigenvalue weighted by molar-refractivity contribution is -0.139. The molecule has 0 aromatic carbocycles. The molecule has 0 radical (unpaired) electrons. The van der Waals surface area contributed by atoms with Crippen LogP contribution in [-0.2, 0) is 22.5 Å². The second-order valence-corrected chi connectivity index (χ2v) is 17.2. The summed E-state index contributed by atoms with van der Waals surface area (Å²) in [5.41, 5.74) is 1.25. The Labute approximate surface area is 187 Å². The van der Waals surface area contributed by atoms with E-state index in [4.69, 9.17) is 17.7 Å². The lowest BCUT2D eigenvalue weighted by Crippen LogP contribution is -2.53. The first-order chi connectivity index (χ1) is 14.3. The highest BCUT2D eigenvalue weighted by molar-refractivity contribution is 6.78. The number of hydrogen-bond acceptors (Lipinski definition) is 5. The molecule has 1 unspecified atom stereocenters. The highest BCUT2D eigenvalue weighted by atomic mass is 28.4. The van der Waals surface area contributed by atoms with Crippen molar-refractivity contribution in [3.8, 4) is 0 Å². The first-order valence-electron chi connectivity index (χ1n) is 12.2. The molecule has 2 fully saturated rings. The van der Waals surface area contributed by atoms with Crippen molar-refractivity contribution in [2.75, 3.05) is 21.3 Å². The zero-order chi connectivity index (χ0) is 22.2. The van der Waals surface area contributed by atoms with Crippen LogP contribution < -0.4 is 0 Å². The Morgan fingerprint density at radius 1 is 0.767 bits per heavy atom. The Hall–Kier alpha value is -0.216. The molecule has 2 aliphatic carbocycles. The Bertz CT molecular complexity index is 485. The van der Waals surface area contributed by atoms with E-state index >= 15 is 0 Å². The molecular weight excluding hydrogens is 412 g/mol. The van der Waals surface area contributed by atoms with Gasteiger partial charge < -0.3 is 17.7 Å². The van der Waals surface area contributed by atoms with E-state index < -0.39 is 17.1 Å². The standard InChI is InChI=1S/C23H46O5Si2/c1-19(2)17-29(21-13-9-7-10-14-21,22-15-11-8-12-16-22)28-23(24)20(3)18-30(25-4,26-5)27-6/h19-22H,7-18H2,1-6H3.